The van der Waals surface area contributed by atoms with Crippen LogP contribution in [0.15, 0.2) is 60.8 Å². The van der Waals surface area contributed by atoms with E-state index >= 15 is 0 Å². The van der Waals surface area contributed by atoms with Crippen molar-refractivity contribution in [2.24, 2.45) is 5.92 Å². The average Bonchev–Trinajstić information content (AvgIpc) is 3.33. The highest BCUT2D eigenvalue weighted by Gasteiger charge is 2.28. The number of amides is 1. The van der Waals surface area contributed by atoms with Gasteiger partial charge in [-0.05, 0) is 55.5 Å². The van der Waals surface area contributed by atoms with Crippen LogP contribution in [0.1, 0.15) is 36.9 Å². The van der Waals surface area contributed by atoms with E-state index in [2.05, 4.69) is 10.3 Å². The summed E-state index contributed by atoms with van der Waals surface area (Å²) in [5.41, 5.74) is 2.33. The highest BCUT2D eigenvalue weighted by molar-refractivity contribution is 5.70. The summed E-state index contributed by atoms with van der Waals surface area (Å²) in [4.78, 5) is 25.0. The number of nitrogens with zero attached hydrogens (tertiary/aromatic N) is 4. The number of carboxylic acid groups (broad SMARTS) is 1. The van der Waals surface area contributed by atoms with Crippen LogP contribution in [-0.4, -0.2) is 50.2 Å². The van der Waals surface area contributed by atoms with Gasteiger partial charge in [0.25, 0.3) is 0 Å². The molecular weight excluding hydrogens is 436 g/mol. The van der Waals surface area contributed by atoms with E-state index in [4.69, 9.17) is 9.47 Å². The predicted molar refractivity (Wildman–Crippen MR) is 123 cm³/mol. The lowest BCUT2D eigenvalue weighted by molar-refractivity contribution is -0.143. The first-order valence-electron chi connectivity index (χ1n) is 11.3. The molecule has 0 spiro atoms. The molecule has 9 heteroatoms. The molecule has 1 fully saturated rings. The Morgan fingerprint density at radius 3 is 2.62 bits per heavy atom. The van der Waals surface area contributed by atoms with Crippen LogP contribution in [0, 0.1) is 5.92 Å². The third-order valence-corrected chi connectivity index (χ3v) is 5.84. The fourth-order valence-electron chi connectivity index (χ4n) is 4.00. The zero-order chi connectivity index (χ0) is 23.9. The maximum absolute atomic E-state index is 12.3. The van der Waals surface area contributed by atoms with E-state index < -0.39 is 12.1 Å². The summed E-state index contributed by atoms with van der Waals surface area (Å²) in [6, 6.07) is 17.1. The maximum atomic E-state index is 12.3. The van der Waals surface area contributed by atoms with Gasteiger partial charge in [0.2, 0.25) is 0 Å². The molecule has 3 aromatic rings. The van der Waals surface area contributed by atoms with Crippen molar-refractivity contribution in [1.29, 1.82) is 0 Å². The highest BCUT2D eigenvalue weighted by atomic mass is 16.6. The molecule has 2 aromatic carbocycles. The van der Waals surface area contributed by atoms with Crippen LogP contribution in [0.2, 0.25) is 0 Å². The lowest BCUT2D eigenvalue weighted by Crippen LogP contribution is -2.29. The van der Waals surface area contributed by atoms with Crippen molar-refractivity contribution in [2.45, 2.75) is 44.9 Å². The summed E-state index contributed by atoms with van der Waals surface area (Å²) in [7, 11) is 1.69. The quantitative estimate of drug-likeness (QED) is 0.536. The number of benzene rings is 2. The lowest BCUT2D eigenvalue weighted by Gasteiger charge is -2.27. The second-order valence-corrected chi connectivity index (χ2v) is 8.49. The SMILES string of the molecule is CN(Cc1ccccc1)C(=O)OCc1cn(-c2ccc(O[C@H]3CCC[C@H](C(=O)O)C3)cc2)nn1. The van der Waals surface area contributed by atoms with Gasteiger partial charge in [0.05, 0.1) is 23.9 Å². The number of hydrogen-bond donors (Lipinski definition) is 1. The second-order valence-electron chi connectivity index (χ2n) is 8.49. The molecule has 1 aliphatic rings. The Hall–Kier alpha value is -3.88. The smallest absolute Gasteiger partial charge is 0.410 e. The number of carbonyl (C=O) groups is 2. The number of carboxylic acids is 1. The molecule has 178 valence electrons. The minimum absolute atomic E-state index is 0.0194. The fraction of sp³-hybridized carbons (Fsp3) is 0.360. The average molecular weight is 465 g/mol. The van der Waals surface area contributed by atoms with E-state index in [-0.39, 0.29) is 18.6 Å². The number of aliphatic carboxylic acids is 1. The Balaban J connectivity index is 1.28. The first-order valence-corrected chi connectivity index (χ1v) is 11.3. The molecule has 0 bridgehead atoms. The van der Waals surface area contributed by atoms with Crippen molar-refractivity contribution in [1.82, 2.24) is 19.9 Å². The number of rotatable bonds is 8. The summed E-state index contributed by atoms with van der Waals surface area (Å²) >= 11 is 0. The first-order chi connectivity index (χ1) is 16.5. The van der Waals surface area contributed by atoms with E-state index in [9.17, 15) is 14.7 Å². The van der Waals surface area contributed by atoms with Gasteiger partial charge in [-0.2, -0.15) is 0 Å². The van der Waals surface area contributed by atoms with Crippen LogP contribution >= 0.6 is 0 Å². The molecule has 1 N–H and O–H groups in total. The van der Waals surface area contributed by atoms with E-state index in [1.54, 1.807) is 17.9 Å². The van der Waals surface area contributed by atoms with Gasteiger partial charge < -0.3 is 19.5 Å². The zero-order valence-electron chi connectivity index (χ0n) is 19.0. The summed E-state index contributed by atoms with van der Waals surface area (Å²) in [6.45, 7) is 0.476. The molecule has 2 atom stereocenters. The molecule has 0 radical (unpaired) electrons. The van der Waals surface area contributed by atoms with Crippen LogP contribution in [0.5, 0.6) is 5.75 Å². The van der Waals surface area contributed by atoms with Gasteiger partial charge in [0.15, 0.2) is 0 Å². The van der Waals surface area contributed by atoms with Gasteiger partial charge in [-0.1, -0.05) is 35.5 Å². The fourth-order valence-corrected chi connectivity index (χ4v) is 4.00. The van der Waals surface area contributed by atoms with Gasteiger partial charge in [-0.15, -0.1) is 5.10 Å². The molecule has 9 nitrogen and oxygen atoms in total. The van der Waals surface area contributed by atoms with Gasteiger partial charge in [0, 0.05) is 13.6 Å². The van der Waals surface area contributed by atoms with E-state index in [0.717, 1.165) is 24.1 Å². The molecule has 0 aliphatic heterocycles. The van der Waals surface area contributed by atoms with E-state index in [1.807, 2.05) is 54.6 Å². The van der Waals surface area contributed by atoms with Crippen LogP contribution < -0.4 is 4.74 Å². The molecule has 1 amide bonds. The van der Waals surface area contributed by atoms with E-state index in [1.165, 1.54) is 4.90 Å². The largest absolute Gasteiger partial charge is 0.490 e. The molecule has 1 saturated carbocycles. The van der Waals surface area contributed by atoms with Crippen molar-refractivity contribution in [2.75, 3.05) is 7.05 Å². The summed E-state index contributed by atoms with van der Waals surface area (Å²) < 4.78 is 12.9. The summed E-state index contributed by atoms with van der Waals surface area (Å²) in [5, 5.41) is 17.4. The van der Waals surface area contributed by atoms with Crippen molar-refractivity contribution in [3.8, 4) is 11.4 Å². The van der Waals surface area contributed by atoms with Crippen LogP contribution in [-0.2, 0) is 22.7 Å². The molecule has 1 aromatic heterocycles. The minimum Gasteiger partial charge on any atom is -0.490 e. The minimum atomic E-state index is -0.751. The van der Waals surface area contributed by atoms with Gasteiger partial charge >= 0.3 is 12.1 Å². The molecule has 34 heavy (non-hydrogen) atoms. The van der Waals surface area contributed by atoms with Gasteiger partial charge in [0.1, 0.15) is 18.1 Å². The van der Waals surface area contributed by atoms with Crippen molar-refractivity contribution >= 4 is 12.1 Å². The Morgan fingerprint density at radius 1 is 1.12 bits per heavy atom. The third-order valence-electron chi connectivity index (χ3n) is 5.84. The predicted octanol–water partition coefficient (Wildman–Crippen LogP) is 4.06. The van der Waals surface area contributed by atoms with Crippen molar-refractivity contribution in [3.05, 3.63) is 72.1 Å². The van der Waals surface area contributed by atoms with Crippen LogP contribution in [0.4, 0.5) is 4.79 Å². The number of ether oxygens (including phenoxy) is 2. The van der Waals surface area contributed by atoms with Crippen LogP contribution in [0.3, 0.4) is 0 Å². The Morgan fingerprint density at radius 2 is 1.88 bits per heavy atom. The Labute approximate surface area is 197 Å². The molecule has 1 aliphatic carbocycles. The van der Waals surface area contributed by atoms with Crippen molar-refractivity contribution in [3.63, 3.8) is 0 Å². The zero-order valence-corrected chi connectivity index (χ0v) is 19.0. The second kappa shape index (κ2) is 10.8. The monoisotopic (exact) mass is 464 g/mol. The van der Waals surface area contributed by atoms with Crippen molar-refractivity contribution < 1.29 is 24.2 Å². The normalized spacial score (nSPS) is 17.7. The molecule has 4 rings (SSSR count). The summed E-state index contributed by atoms with van der Waals surface area (Å²) in [6.07, 6.45) is 4.13. The first kappa shape index (κ1) is 23.3. The maximum Gasteiger partial charge on any atom is 0.410 e. The number of aromatic nitrogens is 3. The van der Waals surface area contributed by atoms with E-state index in [0.29, 0.717) is 30.8 Å². The number of hydrogen-bond acceptors (Lipinski definition) is 6. The van der Waals surface area contributed by atoms with Crippen LogP contribution in [0.25, 0.3) is 5.69 Å². The lowest BCUT2D eigenvalue weighted by atomic mass is 9.87. The molecule has 0 unspecified atom stereocenters. The molecular formula is C25H28N4O5. The Bertz CT molecular complexity index is 1100. The summed E-state index contributed by atoms with van der Waals surface area (Å²) in [5.74, 6) is -0.395. The topological polar surface area (TPSA) is 107 Å². The Kier molecular flexibility index (Phi) is 7.41. The molecule has 1 heterocycles. The third kappa shape index (κ3) is 6.12. The standard InChI is InChI=1S/C25H28N4O5/c1-28(15-18-6-3-2-4-7-18)25(32)33-17-20-16-29(27-26-20)21-10-12-22(13-11-21)34-23-9-5-8-19(14-23)24(30)31/h2-4,6-7,10-13,16,19,23H,5,8-9,14-15,17H2,1H3,(H,30,31)/t19-,23-/m0/s1. The molecule has 0 saturated heterocycles. The highest BCUT2D eigenvalue weighted by Crippen LogP contribution is 2.28. The van der Waals surface area contributed by atoms with Gasteiger partial charge in [-0.3, -0.25) is 4.79 Å². The van der Waals surface area contributed by atoms with Gasteiger partial charge in [-0.25, -0.2) is 9.48 Å². The number of carbonyl (C=O) groups excluding carboxylic acids is 1.